The summed E-state index contributed by atoms with van der Waals surface area (Å²) in [5.41, 5.74) is 7.56. The number of amides is 1. The molecule has 170 valence electrons. The predicted octanol–water partition coefficient (Wildman–Crippen LogP) is 4.58. The van der Waals surface area contributed by atoms with Gasteiger partial charge in [0.2, 0.25) is 0 Å². The second-order valence-corrected chi connectivity index (χ2v) is 11.0. The topological polar surface area (TPSA) is 94.6 Å². The number of rotatable bonds is 3. The van der Waals surface area contributed by atoms with Gasteiger partial charge in [-0.3, -0.25) is 0 Å². The van der Waals surface area contributed by atoms with Crippen LogP contribution >= 0.6 is 0 Å². The van der Waals surface area contributed by atoms with Crippen LogP contribution in [-0.4, -0.2) is 42.1 Å². The van der Waals surface area contributed by atoms with Crippen molar-refractivity contribution in [3.63, 3.8) is 0 Å². The van der Waals surface area contributed by atoms with Crippen molar-refractivity contribution in [3.8, 4) is 0 Å². The highest BCUT2D eigenvalue weighted by Crippen LogP contribution is 2.38. The zero-order valence-corrected chi connectivity index (χ0v) is 19.4. The number of aromatic nitrogens is 1. The molecule has 1 aromatic heterocycles. The maximum absolute atomic E-state index is 13.4. The minimum Gasteiger partial charge on any atom is -0.444 e. The van der Waals surface area contributed by atoms with Crippen molar-refractivity contribution in [2.75, 3.05) is 18.8 Å². The summed E-state index contributed by atoms with van der Waals surface area (Å²) in [6, 6.07) is 13.8. The average Bonchev–Trinajstić information content (AvgIpc) is 3.15. The highest BCUT2D eigenvalue weighted by Gasteiger charge is 2.31. The van der Waals surface area contributed by atoms with Crippen LogP contribution in [0.2, 0.25) is 0 Å². The largest absolute Gasteiger partial charge is 0.444 e. The maximum Gasteiger partial charge on any atom is 0.410 e. The summed E-state index contributed by atoms with van der Waals surface area (Å²) in [4.78, 5) is 14.3. The summed E-state index contributed by atoms with van der Waals surface area (Å²) in [6.45, 7) is 6.66. The van der Waals surface area contributed by atoms with Crippen LogP contribution in [0.5, 0.6) is 0 Å². The van der Waals surface area contributed by atoms with E-state index >= 15 is 0 Å². The van der Waals surface area contributed by atoms with Gasteiger partial charge >= 0.3 is 6.09 Å². The van der Waals surface area contributed by atoms with E-state index in [9.17, 15) is 13.2 Å². The number of carbonyl (C=O) groups is 1. The molecule has 1 fully saturated rings. The summed E-state index contributed by atoms with van der Waals surface area (Å²) in [7, 11) is -3.80. The van der Waals surface area contributed by atoms with Crippen LogP contribution in [0.25, 0.3) is 10.9 Å². The highest BCUT2D eigenvalue weighted by atomic mass is 32.2. The minimum atomic E-state index is -3.80. The Morgan fingerprint density at radius 1 is 1.03 bits per heavy atom. The fraction of sp³-hybridized carbons (Fsp3) is 0.375. The molecule has 8 heteroatoms. The first kappa shape index (κ1) is 22.2. The third-order valence-electron chi connectivity index (χ3n) is 5.74. The van der Waals surface area contributed by atoms with E-state index in [1.807, 2.05) is 32.9 Å². The molecule has 2 heterocycles. The van der Waals surface area contributed by atoms with Crippen LogP contribution in [0.15, 0.2) is 59.6 Å². The SMILES string of the molecule is CC(C)(C)OC(=O)N1CCC(c2cn(S(=O)(=O)c3ccccc3)c3c(N)cccc23)CC1. The lowest BCUT2D eigenvalue weighted by atomic mass is 9.89. The Hall–Kier alpha value is -3.00. The molecule has 1 saturated heterocycles. The molecule has 3 aromatic rings. The van der Waals surface area contributed by atoms with Crippen LogP contribution < -0.4 is 5.73 Å². The second kappa shape index (κ2) is 8.16. The van der Waals surface area contributed by atoms with Gasteiger partial charge in [0.15, 0.2) is 0 Å². The summed E-state index contributed by atoms with van der Waals surface area (Å²) >= 11 is 0. The molecule has 1 amide bonds. The standard InChI is InChI=1S/C24H29N3O4S/c1-24(2,3)31-23(28)26-14-12-17(13-15-26)20-16-27(22-19(20)10-7-11-21(22)25)32(29,30)18-8-5-4-6-9-18/h4-11,16-17H,12-15,25H2,1-3H3. The molecule has 0 bridgehead atoms. The minimum absolute atomic E-state index is 0.116. The molecule has 32 heavy (non-hydrogen) atoms. The van der Waals surface area contributed by atoms with E-state index in [0.29, 0.717) is 24.3 Å². The molecule has 0 aliphatic carbocycles. The number of nitrogen functional groups attached to an aromatic ring is 1. The Morgan fingerprint density at radius 2 is 1.69 bits per heavy atom. The fourth-order valence-electron chi connectivity index (χ4n) is 4.22. The number of fused-ring (bicyclic) bond motifs is 1. The van der Waals surface area contributed by atoms with Crippen molar-refractivity contribution in [1.82, 2.24) is 8.87 Å². The molecule has 7 nitrogen and oxygen atoms in total. The summed E-state index contributed by atoms with van der Waals surface area (Å²) in [6.07, 6.45) is 2.84. The number of anilines is 1. The molecule has 0 spiro atoms. The lowest BCUT2D eigenvalue weighted by Crippen LogP contribution is -2.41. The molecule has 1 aliphatic rings. The first-order valence-electron chi connectivity index (χ1n) is 10.8. The van der Waals surface area contributed by atoms with Gasteiger partial charge in [-0.1, -0.05) is 30.3 Å². The lowest BCUT2D eigenvalue weighted by molar-refractivity contribution is 0.0205. The number of ether oxygens (including phenoxy) is 1. The Bertz CT molecular complexity index is 1240. The zero-order chi connectivity index (χ0) is 23.1. The van der Waals surface area contributed by atoms with Gasteiger partial charge in [-0.2, -0.15) is 0 Å². The van der Waals surface area contributed by atoms with E-state index in [1.165, 1.54) is 3.97 Å². The van der Waals surface area contributed by atoms with E-state index in [0.717, 1.165) is 23.8 Å². The molecule has 0 radical (unpaired) electrons. The number of carbonyl (C=O) groups excluding carboxylic acids is 1. The molecule has 2 N–H and O–H groups in total. The van der Waals surface area contributed by atoms with Crippen LogP contribution in [0.4, 0.5) is 10.5 Å². The number of hydrogen-bond donors (Lipinski definition) is 1. The fourth-order valence-corrected chi connectivity index (χ4v) is 5.65. The number of nitrogens with zero attached hydrogens (tertiary/aromatic N) is 2. The normalized spacial score (nSPS) is 15.8. The van der Waals surface area contributed by atoms with Crippen LogP contribution in [0.1, 0.15) is 45.1 Å². The third-order valence-corrected chi connectivity index (χ3v) is 7.42. The van der Waals surface area contributed by atoms with Crippen molar-refractivity contribution < 1.29 is 17.9 Å². The molecule has 0 saturated carbocycles. The predicted molar refractivity (Wildman–Crippen MR) is 125 cm³/mol. The van der Waals surface area contributed by atoms with Gasteiger partial charge in [0.05, 0.1) is 16.1 Å². The first-order chi connectivity index (χ1) is 15.1. The maximum atomic E-state index is 13.4. The number of nitrogens with two attached hydrogens (primary N) is 1. The molecule has 0 unspecified atom stereocenters. The Labute approximate surface area is 188 Å². The summed E-state index contributed by atoms with van der Waals surface area (Å²) < 4.78 is 33.6. The van der Waals surface area contributed by atoms with Gasteiger partial charge < -0.3 is 15.4 Å². The Kier molecular flexibility index (Phi) is 5.67. The van der Waals surface area contributed by atoms with E-state index in [2.05, 4.69) is 0 Å². The van der Waals surface area contributed by atoms with Gasteiger partial charge in [0.25, 0.3) is 10.0 Å². The lowest BCUT2D eigenvalue weighted by Gasteiger charge is -2.33. The summed E-state index contributed by atoms with van der Waals surface area (Å²) in [5.74, 6) is 0.116. The molecular formula is C24H29N3O4S. The molecular weight excluding hydrogens is 426 g/mol. The van der Waals surface area contributed by atoms with Crippen molar-refractivity contribution in [3.05, 3.63) is 60.3 Å². The number of piperidine rings is 1. The first-order valence-corrected chi connectivity index (χ1v) is 12.2. The van der Waals surface area contributed by atoms with Crippen molar-refractivity contribution in [2.24, 2.45) is 0 Å². The Morgan fingerprint density at radius 3 is 2.31 bits per heavy atom. The van der Waals surface area contributed by atoms with E-state index < -0.39 is 15.6 Å². The molecule has 4 rings (SSSR count). The molecule has 1 aliphatic heterocycles. The molecule has 2 aromatic carbocycles. The second-order valence-electron chi connectivity index (χ2n) is 9.18. The number of para-hydroxylation sites is 1. The highest BCUT2D eigenvalue weighted by molar-refractivity contribution is 7.90. The van der Waals surface area contributed by atoms with Gasteiger partial charge in [-0.05, 0) is 63.3 Å². The van der Waals surface area contributed by atoms with E-state index in [1.54, 1.807) is 47.5 Å². The average molecular weight is 456 g/mol. The van der Waals surface area contributed by atoms with Crippen molar-refractivity contribution in [1.29, 1.82) is 0 Å². The van der Waals surface area contributed by atoms with Gasteiger partial charge in [0, 0.05) is 24.7 Å². The van der Waals surface area contributed by atoms with Gasteiger partial charge in [-0.15, -0.1) is 0 Å². The number of benzene rings is 2. The van der Waals surface area contributed by atoms with Gasteiger partial charge in [0.1, 0.15) is 5.60 Å². The Balaban J connectivity index is 1.67. The van der Waals surface area contributed by atoms with Crippen LogP contribution in [0.3, 0.4) is 0 Å². The summed E-state index contributed by atoms with van der Waals surface area (Å²) in [5, 5.41) is 0.834. The molecule has 0 atom stereocenters. The third kappa shape index (κ3) is 4.19. The quantitative estimate of drug-likeness (QED) is 0.584. The monoisotopic (exact) mass is 455 g/mol. The van der Waals surface area contributed by atoms with Crippen LogP contribution in [0, 0.1) is 0 Å². The smallest absolute Gasteiger partial charge is 0.410 e. The zero-order valence-electron chi connectivity index (χ0n) is 18.6. The van der Waals surface area contributed by atoms with Crippen molar-refractivity contribution >= 4 is 32.7 Å². The van der Waals surface area contributed by atoms with Crippen LogP contribution in [-0.2, 0) is 14.8 Å². The number of likely N-dealkylation sites (tertiary alicyclic amines) is 1. The van der Waals surface area contributed by atoms with Crippen molar-refractivity contribution in [2.45, 2.75) is 50.0 Å². The van der Waals surface area contributed by atoms with E-state index in [-0.39, 0.29) is 16.9 Å². The van der Waals surface area contributed by atoms with E-state index in [4.69, 9.17) is 10.5 Å². The van der Waals surface area contributed by atoms with Gasteiger partial charge in [-0.25, -0.2) is 17.2 Å². The number of hydrogen-bond acceptors (Lipinski definition) is 5.